The van der Waals surface area contributed by atoms with Crippen molar-refractivity contribution in [1.82, 2.24) is 10.6 Å². The molecule has 3 aromatic carbocycles. The Kier molecular flexibility index (Phi) is 10.6. The number of hydrogen-bond donors (Lipinski definition) is 3. The molecule has 0 bridgehead atoms. The topological polar surface area (TPSA) is 98.3 Å². The Morgan fingerprint density at radius 2 is 1.71 bits per heavy atom. The molecule has 0 aliphatic rings. The Hall–Kier alpha value is -3.89. The van der Waals surface area contributed by atoms with Gasteiger partial charge in [0.25, 0.3) is 5.91 Å². The van der Waals surface area contributed by atoms with E-state index in [1.165, 1.54) is 11.1 Å². The number of hydrogen-bond acceptors (Lipinski definition) is 5. The molecule has 0 aliphatic carbocycles. The summed E-state index contributed by atoms with van der Waals surface area (Å²) >= 11 is 6.48. The number of benzene rings is 3. The molecule has 3 atom stereocenters. The molecule has 0 unspecified atom stereocenters. The third kappa shape index (κ3) is 8.33. The van der Waals surface area contributed by atoms with Crippen LogP contribution in [0.5, 0.6) is 0 Å². The normalized spacial score (nSPS) is 13.4. The van der Waals surface area contributed by atoms with Crippen LogP contribution in [0.2, 0.25) is 5.02 Å². The molecule has 6 nitrogen and oxygen atoms in total. The van der Waals surface area contributed by atoms with E-state index >= 15 is 0 Å². The molecule has 0 saturated heterocycles. The van der Waals surface area contributed by atoms with Crippen molar-refractivity contribution < 1.29 is 14.3 Å². The van der Waals surface area contributed by atoms with Crippen LogP contribution < -0.4 is 10.6 Å². The van der Waals surface area contributed by atoms with Crippen LogP contribution in [-0.4, -0.2) is 23.2 Å². The molecule has 0 spiro atoms. The van der Waals surface area contributed by atoms with Gasteiger partial charge in [-0.25, -0.2) is 0 Å². The van der Waals surface area contributed by atoms with Gasteiger partial charge in [0.2, 0.25) is 0 Å². The molecule has 4 rings (SSSR count). The minimum Gasteiger partial charge on any atom is -0.460 e. The second-order valence-corrected chi connectivity index (χ2v) is 11.7. The number of nitrogens with one attached hydrogen (secondary N) is 2. The number of furan rings is 1. The van der Waals surface area contributed by atoms with E-state index in [4.69, 9.17) is 21.3 Å². The molecule has 0 radical (unpaired) electrons. The zero-order valence-electron chi connectivity index (χ0n) is 24.5. The molecular weight excluding hydrogens is 546 g/mol. The maximum atomic E-state index is 13.5. The lowest BCUT2D eigenvalue weighted by Gasteiger charge is -2.26. The zero-order chi connectivity index (χ0) is 30.2. The van der Waals surface area contributed by atoms with Crippen LogP contribution in [0.15, 0.2) is 83.3 Å². The van der Waals surface area contributed by atoms with Crippen LogP contribution in [0.1, 0.15) is 71.6 Å². The SMILES string of the molecule is Cc1ccc([C@@H](C)NCc2ccc(-c3ccc(Cl)c(C(=O)N[C@H](Cc4ccc(C#N)cc4)[C@@H](O)CC(C)C)c3)o2)cc1. The quantitative estimate of drug-likeness (QED) is 0.162. The van der Waals surface area contributed by atoms with Crippen molar-refractivity contribution in [2.45, 2.75) is 65.3 Å². The Balaban J connectivity index is 1.47. The van der Waals surface area contributed by atoms with Gasteiger partial charge in [-0.3, -0.25) is 4.79 Å². The third-order valence-corrected chi connectivity index (χ3v) is 7.68. The highest BCUT2D eigenvalue weighted by molar-refractivity contribution is 6.34. The molecule has 42 heavy (non-hydrogen) atoms. The summed E-state index contributed by atoms with van der Waals surface area (Å²) < 4.78 is 6.11. The summed E-state index contributed by atoms with van der Waals surface area (Å²) in [5, 5.41) is 26.9. The average molecular weight is 584 g/mol. The molecule has 0 fully saturated rings. The standard InChI is InChI=1S/C35H38ClN3O3/c1-22(2)17-33(40)32(18-25-7-9-26(20-37)10-8-25)39-35(41)30-19-28(13-15-31(30)36)34-16-14-29(42-34)21-38-24(4)27-11-5-23(3)6-12-27/h5-16,19,22,24,32-33,38,40H,17-18,21H2,1-4H3,(H,39,41)/t24-,32-,33+/m1/s1. The Bertz CT molecular complexity index is 1520. The predicted molar refractivity (Wildman–Crippen MR) is 167 cm³/mol. The smallest absolute Gasteiger partial charge is 0.253 e. The number of aliphatic hydroxyl groups excluding tert-OH is 1. The summed E-state index contributed by atoms with van der Waals surface area (Å²) in [6.45, 7) is 8.80. The Morgan fingerprint density at radius 3 is 2.38 bits per heavy atom. The van der Waals surface area contributed by atoms with Gasteiger partial charge in [0.05, 0.1) is 40.9 Å². The second kappa shape index (κ2) is 14.3. The van der Waals surface area contributed by atoms with Crippen LogP contribution in [0.25, 0.3) is 11.3 Å². The number of aryl methyl sites for hydroxylation is 1. The van der Waals surface area contributed by atoms with Crippen LogP contribution in [0.3, 0.4) is 0 Å². The first-order valence-electron chi connectivity index (χ1n) is 14.3. The summed E-state index contributed by atoms with van der Waals surface area (Å²) in [7, 11) is 0. The average Bonchev–Trinajstić information content (AvgIpc) is 3.45. The molecular formula is C35H38ClN3O3. The van der Waals surface area contributed by atoms with Gasteiger partial charge in [-0.05, 0) is 86.2 Å². The van der Waals surface area contributed by atoms with Gasteiger partial charge in [-0.1, -0.05) is 67.4 Å². The highest BCUT2D eigenvalue weighted by Crippen LogP contribution is 2.28. The molecule has 3 N–H and O–H groups in total. The van der Waals surface area contributed by atoms with Crippen molar-refractivity contribution in [3.05, 3.63) is 117 Å². The first-order chi connectivity index (χ1) is 20.1. The van der Waals surface area contributed by atoms with E-state index < -0.39 is 12.1 Å². The Morgan fingerprint density at radius 1 is 1.00 bits per heavy atom. The lowest BCUT2D eigenvalue weighted by molar-refractivity contribution is 0.0780. The number of amides is 1. The first-order valence-corrected chi connectivity index (χ1v) is 14.7. The second-order valence-electron chi connectivity index (χ2n) is 11.3. The van der Waals surface area contributed by atoms with Crippen molar-refractivity contribution in [3.63, 3.8) is 0 Å². The molecule has 7 heteroatoms. The number of rotatable bonds is 12. The van der Waals surface area contributed by atoms with Gasteiger partial charge in [0, 0.05) is 11.6 Å². The zero-order valence-corrected chi connectivity index (χ0v) is 25.3. The van der Waals surface area contributed by atoms with E-state index in [9.17, 15) is 9.90 Å². The highest BCUT2D eigenvalue weighted by Gasteiger charge is 2.25. The van der Waals surface area contributed by atoms with Gasteiger partial charge in [0.15, 0.2) is 0 Å². The Labute approximate surface area is 253 Å². The van der Waals surface area contributed by atoms with E-state index in [2.05, 4.69) is 54.8 Å². The molecule has 4 aromatic rings. The van der Waals surface area contributed by atoms with Crippen LogP contribution in [0.4, 0.5) is 0 Å². The number of aliphatic hydroxyl groups is 1. The summed E-state index contributed by atoms with van der Waals surface area (Å²) in [5.41, 5.74) is 4.94. The number of nitrogens with zero attached hydrogens (tertiary/aromatic N) is 1. The summed E-state index contributed by atoms with van der Waals surface area (Å²) in [6, 6.07) is 26.4. The fourth-order valence-corrected chi connectivity index (χ4v) is 5.06. The lowest BCUT2D eigenvalue weighted by atomic mass is 9.94. The lowest BCUT2D eigenvalue weighted by Crippen LogP contribution is -2.45. The molecule has 1 amide bonds. The van der Waals surface area contributed by atoms with Crippen LogP contribution in [0, 0.1) is 24.2 Å². The molecule has 0 aliphatic heterocycles. The van der Waals surface area contributed by atoms with Gasteiger partial charge in [0.1, 0.15) is 11.5 Å². The number of nitriles is 1. The van der Waals surface area contributed by atoms with Crippen molar-refractivity contribution >= 4 is 17.5 Å². The van der Waals surface area contributed by atoms with Gasteiger partial charge in [-0.15, -0.1) is 0 Å². The van der Waals surface area contributed by atoms with Gasteiger partial charge >= 0.3 is 0 Å². The van der Waals surface area contributed by atoms with Crippen molar-refractivity contribution in [2.24, 2.45) is 5.92 Å². The largest absolute Gasteiger partial charge is 0.460 e. The van der Waals surface area contributed by atoms with E-state index in [0.29, 0.717) is 41.3 Å². The van der Waals surface area contributed by atoms with E-state index in [1.807, 2.05) is 44.2 Å². The fraction of sp³-hybridized carbons (Fsp3) is 0.314. The van der Waals surface area contributed by atoms with Crippen LogP contribution in [-0.2, 0) is 13.0 Å². The van der Waals surface area contributed by atoms with E-state index in [0.717, 1.165) is 16.9 Å². The van der Waals surface area contributed by atoms with E-state index in [1.54, 1.807) is 24.3 Å². The third-order valence-electron chi connectivity index (χ3n) is 7.35. The van der Waals surface area contributed by atoms with Crippen LogP contribution >= 0.6 is 11.6 Å². The molecule has 218 valence electrons. The number of halogens is 1. The molecule has 1 aromatic heterocycles. The summed E-state index contributed by atoms with van der Waals surface area (Å²) in [6.07, 6.45) is 0.188. The van der Waals surface area contributed by atoms with Crippen molar-refractivity contribution in [2.75, 3.05) is 0 Å². The summed E-state index contributed by atoms with van der Waals surface area (Å²) in [4.78, 5) is 13.5. The highest BCUT2D eigenvalue weighted by atomic mass is 35.5. The monoisotopic (exact) mass is 583 g/mol. The first kappa shape index (κ1) is 31.1. The van der Waals surface area contributed by atoms with Gasteiger partial charge in [-0.2, -0.15) is 5.26 Å². The van der Waals surface area contributed by atoms with E-state index in [-0.39, 0.29) is 17.9 Å². The van der Waals surface area contributed by atoms with Gasteiger partial charge < -0.3 is 20.2 Å². The molecule has 0 saturated carbocycles. The molecule has 1 heterocycles. The minimum atomic E-state index is -0.756. The number of carbonyl (C=O) groups is 1. The minimum absolute atomic E-state index is 0.160. The van der Waals surface area contributed by atoms with Crippen molar-refractivity contribution in [1.29, 1.82) is 5.26 Å². The summed E-state index contributed by atoms with van der Waals surface area (Å²) in [5.74, 6) is 1.29. The number of carbonyl (C=O) groups excluding carboxylic acids is 1. The maximum absolute atomic E-state index is 13.5. The van der Waals surface area contributed by atoms with Crippen molar-refractivity contribution in [3.8, 4) is 17.4 Å². The fourth-order valence-electron chi connectivity index (χ4n) is 4.85. The predicted octanol–water partition coefficient (Wildman–Crippen LogP) is 7.38. The maximum Gasteiger partial charge on any atom is 0.253 e.